The summed E-state index contributed by atoms with van der Waals surface area (Å²) in [4.78, 5) is 34.9. The second-order valence-electron chi connectivity index (χ2n) is 7.71. The third kappa shape index (κ3) is 3.44. The minimum Gasteiger partial charge on any atom is -0.485 e. The van der Waals surface area contributed by atoms with Crippen LogP contribution in [-0.2, 0) is 0 Å². The van der Waals surface area contributed by atoms with Gasteiger partial charge in [-0.1, -0.05) is 11.6 Å². The van der Waals surface area contributed by atoms with Crippen LogP contribution in [0.25, 0.3) is 0 Å². The van der Waals surface area contributed by atoms with Gasteiger partial charge in [0.15, 0.2) is 0 Å². The molecule has 146 valence electrons. The number of hydrogen-bond acceptors (Lipinski definition) is 5. The first-order valence-electron chi connectivity index (χ1n) is 9.58. The van der Waals surface area contributed by atoms with Crippen molar-refractivity contribution in [1.29, 1.82) is 0 Å². The molecular formula is C21H24N4O3. The fourth-order valence-electron chi connectivity index (χ4n) is 4.07. The van der Waals surface area contributed by atoms with Gasteiger partial charge in [0, 0.05) is 25.5 Å². The minimum absolute atomic E-state index is 0.0901. The number of rotatable bonds is 2. The zero-order valence-corrected chi connectivity index (χ0v) is 16.1. The predicted molar refractivity (Wildman–Crippen MR) is 103 cm³/mol. The first kappa shape index (κ1) is 18.4. The first-order valence-corrected chi connectivity index (χ1v) is 9.58. The zero-order valence-electron chi connectivity index (χ0n) is 16.1. The average Bonchev–Trinajstić information content (AvgIpc) is 2.85. The molecule has 1 N–H and O–H groups in total. The molecule has 1 aromatic carbocycles. The number of aryl methyl sites for hydroxylation is 1. The molecule has 2 heterocycles. The van der Waals surface area contributed by atoms with Crippen LogP contribution in [0.15, 0.2) is 36.8 Å². The summed E-state index contributed by atoms with van der Waals surface area (Å²) >= 11 is 0. The summed E-state index contributed by atoms with van der Waals surface area (Å²) in [5.41, 5.74) is 1.55. The fraction of sp³-hybridized carbons (Fsp3) is 0.429. The van der Waals surface area contributed by atoms with Gasteiger partial charge in [-0.15, -0.1) is 0 Å². The molecule has 0 unspecified atom stereocenters. The van der Waals surface area contributed by atoms with E-state index in [4.69, 9.17) is 4.74 Å². The van der Waals surface area contributed by atoms with E-state index in [0.29, 0.717) is 23.6 Å². The predicted octanol–water partition coefficient (Wildman–Crippen LogP) is 2.36. The van der Waals surface area contributed by atoms with Crippen molar-refractivity contribution >= 4 is 11.8 Å². The molecule has 0 saturated heterocycles. The van der Waals surface area contributed by atoms with Crippen molar-refractivity contribution in [2.45, 2.75) is 44.2 Å². The van der Waals surface area contributed by atoms with E-state index in [-0.39, 0.29) is 17.9 Å². The van der Waals surface area contributed by atoms with Gasteiger partial charge in [0.05, 0.1) is 18.3 Å². The van der Waals surface area contributed by atoms with Gasteiger partial charge >= 0.3 is 0 Å². The van der Waals surface area contributed by atoms with Crippen LogP contribution in [-0.4, -0.2) is 51.9 Å². The smallest absolute Gasteiger partial charge is 0.274 e. The Kier molecular flexibility index (Phi) is 4.75. The SMILES string of the molecule is Cc1ccc2c(c1)C(=O)NCC1(CCC(N(C)C(=O)c3cnccn3)CC1)O2. The van der Waals surface area contributed by atoms with Gasteiger partial charge in [-0.05, 0) is 44.7 Å². The number of nitrogens with zero attached hydrogens (tertiary/aromatic N) is 3. The van der Waals surface area contributed by atoms with Gasteiger partial charge in [-0.2, -0.15) is 0 Å². The number of amides is 2. The average molecular weight is 380 g/mol. The number of carbonyl (C=O) groups is 2. The number of ether oxygens (including phenoxy) is 1. The summed E-state index contributed by atoms with van der Waals surface area (Å²) < 4.78 is 6.37. The Labute approximate surface area is 164 Å². The van der Waals surface area contributed by atoms with Gasteiger partial charge in [0.1, 0.15) is 17.0 Å². The summed E-state index contributed by atoms with van der Waals surface area (Å²) in [5, 5.41) is 3.02. The number of carbonyl (C=O) groups excluding carboxylic acids is 2. The molecule has 1 fully saturated rings. The number of benzene rings is 1. The van der Waals surface area contributed by atoms with Gasteiger partial charge in [0.25, 0.3) is 11.8 Å². The monoisotopic (exact) mass is 380 g/mol. The molecule has 1 saturated carbocycles. The molecule has 1 aromatic heterocycles. The normalized spacial score (nSPS) is 23.9. The number of aromatic nitrogens is 2. The molecular weight excluding hydrogens is 356 g/mol. The van der Waals surface area contributed by atoms with Gasteiger partial charge in [0.2, 0.25) is 0 Å². The van der Waals surface area contributed by atoms with E-state index < -0.39 is 5.60 Å². The van der Waals surface area contributed by atoms with Crippen LogP contribution in [0.2, 0.25) is 0 Å². The second kappa shape index (κ2) is 7.22. The first-order chi connectivity index (χ1) is 13.5. The van der Waals surface area contributed by atoms with Crippen LogP contribution >= 0.6 is 0 Å². The van der Waals surface area contributed by atoms with Crippen molar-refractivity contribution in [3.63, 3.8) is 0 Å². The molecule has 2 aliphatic rings. The van der Waals surface area contributed by atoms with E-state index >= 15 is 0 Å². The molecule has 7 nitrogen and oxygen atoms in total. The van der Waals surface area contributed by atoms with Gasteiger partial charge in [-0.3, -0.25) is 14.6 Å². The Hall–Kier alpha value is -2.96. The molecule has 0 radical (unpaired) electrons. The van der Waals surface area contributed by atoms with Crippen molar-refractivity contribution in [3.05, 3.63) is 53.6 Å². The second-order valence-corrected chi connectivity index (χ2v) is 7.71. The minimum atomic E-state index is -0.427. The van der Waals surface area contributed by atoms with Crippen molar-refractivity contribution in [3.8, 4) is 5.75 Å². The van der Waals surface area contributed by atoms with Crippen LogP contribution in [0.4, 0.5) is 0 Å². The molecule has 1 aliphatic heterocycles. The zero-order chi connectivity index (χ0) is 19.7. The summed E-state index contributed by atoms with van der Waals surface area (Å²) in [6.07, 6.45) is 7.72. The van der Waals surface area contributed by atoms with Crippen molar-refractivity contribution in [1.82, 2.24) is 20.2 Å². The maximum Gasteiger partial charge on any atom is 0.274 e. The number of nitrogens with one attached hydrogen (secondary N) is 1. The quantitative estimate of drug-likeness (QED) is 0.865. The van der Waals surface area contributed by atoms with Crippen molar-refractivity contribution in [2.24, 2.45) is 0 Å². The maximum absolute atomic E-state index is 12.6. The Morgan fingerprint density at radius 1 is 1.29 bits per heavy atom. The molecule has 2 aromatic rings. The van der Waals surface area contributed by atoms with E-state index in [1.807, 2.05) is 32.2 Å². The molecule has 7 heteroatoms. The number of fused-ring (bicyclic) bond motifs is 1. The molecule has 4 rings (SSSR count). The maximum atomic E-state index is 12.6. The van der Waals surface area contributed by atoms with Gasteiger partial charge < -0.3 is 15.0 Å². The van der Waals surface area contributed by atoms with E-state index in [2.05, 4.69) is 15.3 Å². The highest BCUT2D eigenvalue weighted by atomic mass is 16.5. The lowest BCUT2D eigenvalue weighted by Gasteiger charge is -2.41. The lowest BCUT2D eigenvalue weighted by molar-refractivity contribution is 0.0102. The molecule has 0 atom stereocenters. The standard InChI is InChI=1S/C21H24N4O3/c1-14-3-4-18-16(11-14)19(26)24-13-21(28-18)7-5-15(6-8-21)25(2)20(27)17-12-22-9-10-23-17/h3-4,9-12,15H,5-8,13H2,1-2H3,(H,24,26). The van der Waals surface area contributed by atoms with Crippen LogP contribution in [0.5, 0.6) is 5.75 Å². The third-order valence-electron chi connectivity index (χ3n) is 5.79. The van der Waals surface area contributed by atoms with Crippen molar-refractivity contribution < 1.29 is 14.3 Å². The Morgan fingerprint density at radius 2 is 2.07 bits per heavy atom. The molecule has 2 amide bonds. The number of hydrogen-bond donors (Lipinski definition) is 1. The molecule has 1 spiro atoms. The van der Waals surface area contributed by atoms with Crippen LogP contribution < -0.4 is 10.1 Å². The summed E-state index contributed by atoms with van der Waals surface area (Å²) in [6, 6.07) is 5.82. The van der Waals surface area contributed by atoms with E-state index in [0.717, 1.165) is 31.2 Å². The largest absolute Gasteiger partial charge is 0.485 e. The van der Waals surface area contributed by atoms with E-state index in [9.17, 15) is 9.59 Å². The third-order valence-corrected chi connectivity index (χ3v) is 5.79. The fourth-order valence-corrected chi connectivity index (χ4v) is 4.07. The molecule has 1 aliphatic carbocycles. The Balaban J connectivity index is 1.47. The highest BCUT2D eigenvalue weighted by Gasteiger charge is 2.42. The molecule has 28 heavy (non-hydrogen) atoms. The van der Waals surface area contributed by atoms with E-state index in [1.54, 1.807) is 11.1 Å². The van der Waals surface area contributed by atoms with Crippen molar-refractivity contribution in [2.75, 3.05) is 13.6 Å². The summed E-state index contributed by atoms with van der Waals surface area (Å²) in [6.45, 7) is 2.44. The highest BCUT2D eigenvalue weighted by Crippen LogP contribution is 2.37. The Bertz CT molecular complexity index is 892. The lowest BCUT2D eigenvalue weighted by atomic mass is 9.81. The Morgan fingerprint density at radius 3 is 2.79 bits per heavy atom. The summed E-state index contributed by atoms with van der Waals surface area (Å²) in [5.74, 6) is 0.431. The highest BCUT2D eigenvalue weighted by molar-refractivity contribution is 5.97. The summed E-state index contributed by atoms with van der Waals surface area (Å²) in [7, 11) is 1.81. The van der Waals surface area contributed by atoms with Crippen LogP contribution in [0.1, 0.15) is 52.1 Å². The topological polar surface area (TPSA) is 84.4 Å². The lowest BCUT2D eigenvalue weighted by Crippen LogP contribution is -2.51. The van der Waals surface area contributed by atoms with Crippen LogP contribution in [0, 0.1) is 6.92 Å². The molecule has 0 bridgehead atoms. The van der Waals surface area contributed by atoms with Crippen LogP contribution in [0.3, 0.4) is 0 Å². The van der Waals surface area contributed by atoms with E-state index in [1.165, 1.54) is 12.4 Å². The van der Waals surface area contributed by atoms with Gasteiger partial charge in [-0.25, -0.2) is 4.98 Å².